The van der Waals surface area contributed by atoms with Gasteiger partial charge in [0.15, 0.2) is 0 Å². The summed E-state index contributed by atoms with van der Waals surface area (Å²) in [6.07, 6.45) is 0. The molecule has 0 aliphatic carbocycles. The maximum absolute atomic E-state index is 12.5. The molecule has 0 fully saturated rings. The summed E-state index contributed by atoms with van der Waals surface area (Å²) in [6.45, 7) is 0. The van der Waals surface area contributed by atoms with Crippen molar-refractivity contribution in [3.05, 3.63) is 29.0 Å². The molecule has 1 rings (SSSR count). The number of hydrogen-bond acceptors (Lipinski definition) is 2. The van der Waals surface area contributed by atoms with Crippen LogP contribution in [0.15, 0.2) is 18.2 Å². The van der Waals surface area contributed by atoms with E-state index in [1.807, 2.05) is 0 Å². The first-order chi connectivity index (χ1) is 5.59. The molecule has 0 radical (unpaired) electrons. The summed E-state index contributed by atoms with van der Waals surface area (Å²) in [7, 11) is 0. The van der Waals surface area contributed by atoms with E-state index >= 15 is 0 Å². The summed E-state index contributed by atoms with van der Waals surface area (Å²) in [5.41, 5.74) is -0.988. The van der Waals surface area contributed by atoms with Crippen LogP contribution in [0.1, 0.15) is 0 Å². The number of hydrogen-bond donors (Lipinski definition) is 0. The molecule has 0 N–H and O–H groups in total. The van der Waals surface area contributed by atoms with Crippen LogP contribution in [0.5, 0.6) is 5.75 Å². The molecule has 0 heterocycles. The number of carbonyl (C=O) groups excluding carboxylic acids is 1. The van der Waals surface area contributed by atoms with Gasteiger partial charge in [0.1, 0.15) is 11.6 Å². The van der Waals surface area contributed by atoms with E-state index in [9.17, 15) is 9.18 Å². The molecule has 5 heteroatoms. The van der Waals surface area contributed by atoms with E-state index in [0.29, 0.717) is 0 Å². The lowest BCUT2D eigenvalue weighted by Crippen LogP contribution is -1.95. The van der Waals surface area contributed by atoms with Gasteiger partial charge in [-0.05, 0) is 12.1 Å². The van der Waals surface area contributed by atoms with Crippen LogP contribution in [0.25, 0.3) is 0 Å². The maximum Gasteiger partial charge on any atom is 0.409 e. The molecule has 0 amide bonds. The normalized spacial score (nSPS) is 9.58. The van der Waals surface area contributed by atoms with Crippen LogP contribution in [0.2, 0.25) is 5.02 Å². The lowest BCUT2D eigenvalue weighted by Gasteiger charge is -1.99. The number of benzene rings is 1. The molecule has 0 unspecified atom stereocenters. The van der Waals surface area contributed by atoms with Crippen LogP contribution in [0.3, 0.4) is 0 Å². The molecule has 0 aromatic heterocycles. The van der Waals surface area contributed by atoms with Crippen molar-refractivity contribution < 1.29 is 13.9 Å². The van der Waals surface area contributed by atoms with Crippen LogP contribution in [-0.2, 0) is 0 Å². The summed E-state index contributed by atoms with van der Waals surface area (Å²) in [4.78, 5) is 10.2. The van der Waals surface area contributed by atoms with Gasteiger partial charge in [-0.25, -0.2) is 9.18 Å². The first-order valence-electron chi connectivity index (χ1n) is 2.92. The summed E-state index contributed by atoms with van der Waals surface area (Å²) in [6, 6.07) is 3.50. The average molecular weight is 209 g/mol. The molecule has 2 nitrogen and oxygen atoms in total. The van der Waals surface area contributed by atoms with Gasteiger partial charge < -0.3 is 4.74 Å². The highest BCUT2D eigenvalue weighted by atomic mass is 35.5. The largest absolute Gasteiger partial charge is 0.414 e. The van der Waals surface area contributed by atoms with Crippen molar-refractivity contribution in [2.45, 2.75) is 0 Å². The second kappa shape index (κ2) is 3.74. The third kappa shape index (κ3) is 2.36. The SMILES string of the molecule is O=C(Cl)Oc1ccc(F)c(Cl)c1. The van der Waals surface area contributed by atoms with E-state index in [4.69, 9.17) is 23.2 Å². The lowest BCUT2D eigenvalue weighted by molar-refractivity contribution is 0.225. The second-order valence-corrected chi connectivity index (χ2v) is 2.63. The van der Waals surface area contributed by atoms with Gasteiger partial charge >= 0.3 is 5.43 Å². The van der Waals surface area contributed by atoms with Crippen molar-refractivity contribution in [2.75, 3.05) is 0 Å². The van der Waals surface area contributed by atoms with Crippen molar-refractivity contribution in [3.63, 3.8) is 0 Å². The highest BCUT2D eigenvalue weighted by Crippen LogP contribution is 2.21. The van der Waals surface area contributed by atoms with Crippen molar-refractivity contribution in [1.82, 2.24) is 0 Å². The highest BCUT2D eigenvalue weighted by Gasteiger charge is 2.03. The number of carbonyl (C=O) groups is 1. The Labute approximate surface area is 77.8 Å². The fourth-order valence-corrected chi connectivity index (χ4v) is 0.893. The first-order valence-corrected chi connectivity index (χ1v) is 3.67. The second-order valence-electron chi connectivity index (χ2n) is 1.92. The molecule has 0 aliphatic rings. The number of rotatable bonds is 1. The summed E-state index contributed by atoms with van der Waals surface area (Å²) in [5.74, 6) is -0.465. The van der Waals surface area contributed by atoms with E-state index in [-0.39, 0.29) is 10.8 Å². The fourth-order valence-electron chi connectivity index (χ4n) is 0.633. The molecule has 64 valence electrons. The fraction of sp³-hybridized carbons (Fsp3) is 0. The van der Waals surface area contributed by atoms with Crippen LogP contribution >= 0.6 is 23.2 Å². The Bertz CT molecular complexity index is 314. The number of halogens is 3. The Kier molecular flexibility index (Phi) is 2.89. The van der Waals surface area contributed by atoms with Crippen molar-refractivity contribution in [2.24, 2.45) is 0 Å². The predicted molar refractivity (Wildman–Crippen MR) is 43.3 cm³/mol. The first kappa shape index (κ1) is 9.29. The Morgan fingerprint density at radius 3 is 2.67 bits per heavy atom. The highest BCUT2D eigenvalue weighted by molar-refractivity contribution is 6.61. The van der Waals surface area contributed by atoms with E-state index in [2.05, 4.69) is 4.74 Å². The van der Waals surface area contributed by atoms with Gasteiger partial charge in [0.25, 0.3) is 0 Å². The van der Waals surface area contributed by atoms with Crippen LogP contribution in [0.4, 0.5) is 9.18 Å². The molecule has 0 atom stereocenters. The Morgan fingerprint density at radius 1 is 1.50 bits per heavy atom. The van der Waals surface area contributed by atoms with E-state index in [0.717, 1.165) is 12.1 Å². The van der Waals surface area contributed by atoms with Gasteiger partial charge in [0.05, 0.1) is 5.02 Å². The Morgan fingerprint density at radius 2 is 2.17 bits per heavy atom. The minimum absolute atomic E-state index is 0.112. The minimum Gasteiger partial charge on any atom is -0.414 e. The molecular formula is C7H3Cl2FO2. The summed E-state index contributed by atoms with van der Waals surface area (Å²) in [5, 5.41) is -0.120. The standard InChI is InChI=1S/C7H3Cl2FO2/c8-5-3-4(12-7(9)11)1-2-6(5)10/h1-3H. The molecule has 0 spiro atoms. The van der Waals surface area contributed by atoms with E-state index < -0.39 is 11.2 Å². The third-order valence-electron chi connectivity index (χ3n) is 1.09. The predicted octanol–water partition coefficient (Wildman–Crippen LogP) is 3.22. The molecule has 1 aromatic carbocycles. The molecule has 0 bridgehead atoms. The van der Waals surface area contributed by atoms with Gasteiger partial charge in [0, 0.05) is 17.7 Å². The van der Waals surface area contributed by atoms with Crippen molar-refractivity contribution >= 4 is 28.6 Å². The maximum atomic E-state index is 12.5. The van der Waals surface area contributed by atoms with Gasteiger partial charge in [-0.1, -0.05) is 11.6 Å². The molecule has 12 heavy (non-hydrogen) atoms. The molecule has 1 aromatic rings. The van der Waals surface area contributed by atoms with E-state index in [1.54, 1.807) is 0 Å². The zero-order valence-corrected chi connectivity index (χ0v) is 7.19. The van der Waals surface area contributed by atoms with Crippen LogP contribution in [0, 0.1) is 5.82 Å². The summed E-state index contributed by atoms with van der Waals surface area (Å²) < 4.78 is 17.0. The Balaban J connectivity index is 2.89. The summed E-state index contributed by atoms with van der Waals surface area (Å²) >= 11 is 10.3. The van der Waals surface area contributed by atoms with Gasteiger partial charge in [-0.15, -0.1) is 0 Å². The lowest BCUT2D eigenvalue weighted by atomic mass is 10.3. The van der Waals surface area contributed by atoms with Gasteiger partial charge in [-0.2, -0.15) is 0 Å². The molecular weight excluding hydrogens is 206 g/mol. The van der Waals surface area contributed by atoms with Crippen LogP contribution < -0.4 is 4.74 Å². The molecule has 0 saturated carbocycles. The van der Waals surface area contributed by atoms with E-state index in [1.165, 1.54) is 6.07 Å². The monoisotopic (exact) mass is 208 g/mol. The molecule has 0 saturated heterocycles. The number of ether oxygens (including phenoxy) is 1. The topological polar surface area (TPSA) is 26.3 Å². The quantitative estimate of drug-likeness (QED) is 0.663. The molecule has 0 aliphatic heterocycles. The smallest absolute Gasteiger partial charge is 0.409 e. The Hall–Kier alpha value is -0.800. The average Bonchev–Trinajstić information content (AvgIpc) is 1.96. The minimum atomic E-state index is -0.988. The van der Waals surface area contributed by atoms with Gasteiger partial charge in [0.2, 0.25) is 0 Å². The zero-order chi connectivity index (χ0) is 9.14. The van der Waals surface area contributed by atoms with Crippen molar-refractivity contribution in [1.29, 1.82) is 0 Å². The van der Waals surface area contributed by atoms with Crippen LogP contribution in [-0.4, -0.2) is 5.43 Å². The van der Waals surface area contributed by atoms with Crippen molar-refractivity contribution in [3.8, 4) is 5.75 Å². The van der Waals surface area contributed by atoms with Gasteiger partial charge in [-0.3, -0.25) is 0 Å². The third-order valence-corrected chi connectivity index (χ3v) is 1.46. The zero-order valence-electron chi connectivity index (χ0n) is 5.68.